The Morgan fingerprint density at radius 3 is 1.61 bits per heavy atom. The van der Waals surface area contributed by atoms with Crippen molar-refractivity contribution in [3.63, 3.8) is 0 Å². The predicted molar refractivity (Wildman–Crippen MR) is 139 cm³/mol. The number of nitrogens with zero attached hydrogens (tertiary/aromatic N) is 2. The summed E-state index contributed by atoms with van der Waals surface area (Å²) in [6.45, 7) is 0. The third-order valence-electron chi connectivity index (χ3n) is 5.83. The first-order valence-electron chi connectivity index (χ1n) is 10.9. The normalized spacial score (nSPS) is 11.0. The average Bonchev–Trinajstić information content (AvgIpc) is 3.29. The smallest absolute Gasteiger partial charge is 0.0991 e. The maximum Gasteiger partial charge on any atom is 0.0991 e. The predicted octanol–water partition coefficient (Wildman–Crippen LogP) is 8.36. The molecule has 2 nitrogen and oxygen atoms in total. The minimum absolute atomic E-state index is 0.884. The van der Waals surface area contributed by atoms with E-state index in [4.69, 9.17) is 9.97 Å². The lowest BCUT2D eigenvalue weighted by Gasteiger charge is -2.09. The van der Waals surface area contributed by atoms with Crippen molar-refractivity contribution in [2.75, 3.05) is 0 Å². The summed E-state index contributed by atoms with van der Waals surface area (Å²) >= 11 is 1.79. The van der Waals surface area contributed by atoms with Crippen LogP contribution in [0.4, 0.5) is 0 Å². The molecule has 2 aromatic heterocycles. The summed E-state index contributed by atoms with van der Waals surface area (Å²) in [7, 11) is 0. The van der Waals surface area contributed by atoms with Crippen molar-refractivity contribution in [3.8, 4) is 43.4 Å². The van der Waals surface area contributed by atoms with Crippen LogP contribution in [-0.4, -0.2) is 9.97 Å². The second-order valence-electron chi connectivity index (χ2n) is 7.87. The molecule has 0 N–H and O–H groups in total. The molecule has 0 atom stereocenters. The molecule has 156 valence electrons. The Balaban J connectivity index is 1.50. The van der Waals surface area contributed by atoms with Gasteiger partial charge < -0.3 is 0 Å². The van der Waals surface area contributed by atoms with Gasteiger partial charge in [0.25, 0.3) is 0 Å². The van der Waals surface area contributed by atoms with E-state index in [0.717, 1.165) is 21.8 Å². The number of benzene rings is 4. The van der Waals surface area contributed by atoms with E-state index in [9.17, 15) is 0 Å². The zero-order chi connectivity index (χ0) is 22.0. The number of fused-ring (bicyclic) bond motifs is 1. The zero-order valence-corrected chi connectivity index (χ0v) is 18.7. The van der Waals surface area contributed by atoms with Crippen LogP contribution in [0.5, 0.6) is 0 Å². The highest BCUT2D eigenvalue weighted by Crippen LogP contribution is 2.46. The van der Waals surface area contributed by atoms with Gasteiger partial charge >= 0.3 is 0 Å². The van der Waals surface area contributed by atoms with E-state index in [1.54, 1.807) is 11.3 Å². The molecule has 0 spiro atoms. The molecular formula is C30H20N2S. The van der Waals surface area contributed by atoms with Crippen LogP contribution in [0.15, 0.2) is 122 Å². The molecule has 0 bridgehead atoms. The van der Waals surface area contributed by atoms with E-state index >= 15 is 0 Å². The molecule has 3 heteroatoms. The van der Waals surface area contributed by atoms with Crippen LogP contribution >= 0.6 is 11.3 Å². The standard InChI is InChI=1S/C30H20N2S/c1-3-11-21(12-4-1)23-15-7-8-16-24(23)29-25-17-9-10-18-26(25)30(33-29)28-20-31-27(19-32-28)22-13-5-2-6-14-22/h1-20H. The maximum absolute atomic E-state index is 4.81. The van der Waals surface area contributed by atoms with Gasteiger partial charge in [-0.2, -0.15) is 0 Å². The summed E-state index contributed by atoms with van der Waals surface area (Å²) in [6, 6.07) is 38.0. The molecule has 33 heavy (non-hydrogen) atoms. The SMILES string of the molecule is c1ccc(-c2cnc(-c3sc(-c4ccccc4-c4ccccc4)c4ccccc34)cn2)cc1. The molecule has 0 saturated heterocycles. The van der Waals surface area contributed by atoms with Crippen molar-refractivity contribution < 1.29 is 0 Å². The highest BCUT2D eigenvalue weighted by Gasteiger charge is 2.17. The summed E-state index contributed by atoms with van der Waals surface area (Å²) in [5.74, 6) is 0. The van der Waals surface area contributed by atoms with Crippen molar-refractivity contribution in [3.05, 3.63) is 122 Å². The molecule has 0 unspecified atom stereocenters. The summed E-state index contributed by atoms with van der Waals surface area (Å²) < 4.78 is 0. The number of aromatic nitrogens is 2. The van der Waals surface area contributed by atoms with Crippen LogP contribution in [0, 0.1) is 0 Å². The first-order chi connectivity index (χ1) is 16.4. The molecule has 4 aromatic carbocycles. The van der Waals surface area contributed by atoms with E-state index in [1.807, 2.05) is 30.6 Å². The van der Waals surface area contributed by atoms with Crippen LogP contribution < -0.4 is 0 Å². The minimum Gasteiger partial charge on any atom is -0.252 e. The van der Waals surface area contributed by atoms with E-state index in [2.05, 4.69) is 91.0 Å². The first-order valence-corrected chi connectivity index (χ1v) is 11.7. The molecule has 0 radical (unpaired) electrons. The second kappa shape index (κ2) is 8.45. The van der Waals surface area contributed by atoms with Crippen LogP contribution in [0.1, 0.15) is 0 Å². The molecule has 6 aromatic rings. The van der Waals surface area contributed by atoms with Gasteiger partial charge in [-0.3, -0.25) is 9.97 Å². The number of hydrogen-bond donors (Lipinski definition) is 0. The lowest BCUT2D eigenvalue weighted by molar-refractivity contribution is 1.22. The van der Waals surface area contributed by atoms with Crippen molar-refractivity contribution in [2.45, 2.75) is 0 Å². The van der Waals surface area contributed by atoms with Crippen LogP contribution in [-0.2, 0) is 0 Å². The molecule has 0 aliphatic carbocycles. The highest BCUT2D eigenvalue weighted by molar-refractivity contribution is 7.21. The summed E-state index contributed by atoms with van der Waals surface area (Å²) in [5.41, 5.74) is 6.56. The fraction of sp³-hybridized carbons (Fsp3) is 0. The molecule has 6 rings (SSSR count). The van der Waals surface area contributed by atoms with E-state index in [0.29, 0.717) is 0 Å². The summed E-state index contributed by atoms with van der Waals surface area (Å²) in [4.78, 5) is 11.9. The van der Waals surface area contributed by atoms with Gasteiger partial charge in [-0.25, -0.2) is 0 Å². The summed E-state index contributed by atoms with van der Waals surface area (Å²) in [5, 5.41) is 2.46. The molecule has 2 heterocycles. The first kappa shape index (κ1) is 19.6. The molecule has 0 amide bonds. The van der Waals surface area contributed by atoms with Gasteiger partial charge in [-0.15, -0.1) is 11.3 Å². The number of hydrogen-bond acceptors (Lipinski definition) is 3. The Morgan fingerprint density at radius 1 is 0.424 bits per heavy atom. The third kappa shape index (κ3) is 3.63. The second-order valence-corrected chi connectivity index (χ2v) is 8.89. The van der Waals surface area contributed by atoms with Crippen molar-refractivity contribution in [2.24, 2.45) is 0 Å². The Labute approximate surface area is 196 Å². The minimum atomic E-state index is 0.884. The number of thiophene rings is 1. The van der Waals surface area contributed by atoms with Gasteiger partial charge in [0, 0.05) is 26.8 Å². The molecule has 0 aliphatic heterocycles. The average molecular weight is 441 g/mol. The third-order valence-corrected chi connectivity index (χ3v) is 7.11. The van der Waals surface area contributed by atoms with Gasteiger partial charge in [0.2, 0.25) is 0 Å². The number of rotatable bonds is 4. The van der Waals surface area contributed by atoms with Crippen molar-refractivity contribution in [1.29, 1.82) is 0 Å². The van der Waals surface area contributed by atoms with Gasteiger partial charge in [-0.05, 0) is 11.1 Å². The summed E-state index contributed by atoms with van der Waals surface area (Å²) in [6.07, 6.45) is 3.77. The lowest BCUT2D eigenvalue weighted by atomic mass is 9.97. The lowest BCUT2D eigenvalue weighted by Crippen LogP contribution is -1.87. The Hall–Kier alpha value is -4.08. The topological polar surface area (TPSA) is 25.8 Å². The monoisotopic (exact) mass is 440 g/mol. The Morgan fingerprint density at radius 2 is 0.939 bits per heavy atom. The van der Waals surface area contributed by atoms with E-state index < -0.39 is 0 Å². The van der Waals surface area contributed by atoms with Gasteiger partial charge in [0.05, 0.1) is 28.7 Å². The quantitative estimate of drug-likeness (QED) is 0.275. The Bertz CT molecular complexity index is 1540. The Kier molecular flexibility index (Phi) is 5.02. The van der Waals surface area contributed by atoms with Crippen LogP contribution in [0.25, 0.3) is 54.2 Å². The van der Waals surface area contributed by atoms with E-state index in [-0.39, 0.29) is 0 Å². The molecule has 0 fully saturated rings. The molecule has 0 aliphatic rings. The maximum atomic E-state index is 4.81. The largest absolute Gasteiger partial charge is 0.252 e. The van der Waals surface area contributed by atoms with Gasteiger partial charge in [0.15, 0.2) is 0 Å². The van der Waals surface area contributed by atoms with Crippen LogP contribution in [0.3, 0.4) is 0 Å². The van der Waals surface area contributed by atoms with Crippen molar-refractivity contribution >= 4 is 22.1 Å². The molecular weight excluding hydrogens is 420 g/mol. The fourth-order valence-electron chi connectivity index (χ4n) is 4.24. The van der Waals surface area contributed by atoms with Crippen LogP contribution in [0.2, 0.25) is 0 Å². The fourth-order valence-corrected chi connectivity index (χ4v) is 5.51. The van der Waals surface area contributed by atoms with Gasteiger partial charge in [-0.1, -0.05) is 109 Å². The molecule has 0 saturated carbocycles. The van der Waals surface area contributed by atoms with E-state index in [1.165, 1.54) is 32.3 Å². The van der Waals surface area contributed by atoms with Gasteiger partial charge in [0.1, 0.15) is 0 Å². The zero-order valence-electron chi connectivity index (χ0n) is 17.8. The highest BCUT2D eigenvalue weighted by atomic mass is 32.1. The van der Waals surface area contributed by atoms with Crippen molar-refractivity contribution in [1.82, 2.24) is 9.97 Å².